The summed E-state index contributed by atoms with van der Waals surface area (Å²) in [5.41, 5.74) is 8.63. The van der Waals surface area contributed by atoms with Crippen molar-refractivity contribution in [2.75, 3.05) is 13.2 Å². The fraction of sp³-hybridized carbons (Fsp3) is 0.415. The van der Waals surface area contributed by atoms with Gasteiger partial charge in [-0.2, -0.15) is 0 Å². The van der Waals surface area contributed by atoms with Crippen LogP contribution in [0.4, 0.5) is 0 Å². The summed E-state index contributed by atoms with van der Waals surface area (Å²) in [5, 5.41) is 30.3. The Labute approximate surface area is 431 Å². The van der Waals surface area contributed by atoms with E-state index in [2.05, 4.69) is 50.0 Å². The second-order valence-electron chi connectivity index (χ2n) is 20.1. The number of aliphatic hydroxyl groups excluding tert-OH is 1. The smallest absolute Gasteiger partial charge is 0.258 e. The Morgan fingerprint density at radius 3 is 2.29 bits per heavy atom. The van der Waals surface area contributed by atoms with Crippen LogP contribution in [0.15, 0.2) is 77.4 Å². The lowest BCUT2D eigenvalue weighted by atomic mass is 9.78. The van der Waals surface area contributed by atoms with Crippen molar-refractivity contribution in [1.82, 2.24) is 45.6 Å². The van der Waals surface area contributed by atoms with E-state index in [1.165, 1.54) is 9.78 Å². The SMILES string of the molecule is Cc1ncsc1-c1ccc([C@H](C)NC(=O)C2C[C@@H](O)CN2C(=O)[C@@H](NC(=O)COc2ccc(C3CC(NC(=O)C[C@@H]4N=C(c5ccc(Cl)cc5)c5c(sc(C)c5C)-n5c(C)nnc54)C3)nc2)C(C)(C)C)cc1. The highest BCUT2D eigenvalue weighted by Gasteiger charge is 2.45. The van der Waals surface area contributed by atoms with Gasteiger partial charge in [-0.05, 0) is 93.8 Å². The molecule has 1 saturated heterocycles. The van der Waals surface area contributed by atoms with Crippen molar-refractivity contribution in [3.8, 4) is 21.2 Å². The number of pyridine rings is 1. The third-order valence-corrected chi connectivity index (χ3v) is 16.3. The van der Waals surface area contributed by atoms with Gasteiger partial charge in [0, 0.05) is 51.6 Å². The predicted octanol–water partition coefficient (Wildman–Crippen LogP) is 7.83. The van der Waals surface area contributed by atoms with E-state index in [4.69, 9.17) is 21.3 Å². The molecule has 4 aromatic heterocycles. The molecular formula is C53H59ClN10O6S2. The number of aliphatic imine (C=N–C) groups is 1. The van der Waals surface area contributed by atoms with Crippen LogP contribution in [0.5, 0.6) is 5.75 Å². The lowest BCUT2D eigenvalue weighted by molar-refractivity contribution is -0.144. The number of nitrogens with zero attached hydrogens (tertiary/aromatic N) is 7. The summed E-state index contributed by atoms with van der Waals surface area (Å²) >= 11 is 9.50. The number of thiophene rings is 1. The molecule has 6 aromatic rings. The average molecular weight is 1030 g/mol. The molecule has 1 saturated carbocycles. The van der Waals surface area contributed by atoms with Crippen LogP contribution in [0, 0.1) is 33.1 Å². The van der Waals surface area contributed by atoms with Gasteiger partial charge in [-0.25, -0.2) is 4.98 Å². The number of rotatable bonds is 14. The molecule has 0 bridgehead atoms. The van der Waals surface area contributed by atoms with Crippen molar-refractivity contribution in [3.05, 3.63) is 128 Å². The Kier molecular flexibility index (Phi) is 14.5. The van der Waals surface area contributed by atoms with E-state index in [1.807, 2.05) is 106 Å². The fourth-order valence-corrected chi connectivity index (χ4v) is 11.8. The average Bonchev–Trinajstić information content (AvgIpc) is 4.10. The highest BCUT2D eigenvalue weighted by Crippen LogP contribution is 2.41. The third-order valence-electron chi connectivity index (χ3n) is 13.8. The van der Waals surface area contributed by atoms with Gasteiger partial charge in [0.25, 0.3) is 5.91 Å². The van der Waals surface area contributed by atoms with Crippen molar-refractivity contribution in [2.24, 2.45) is 10.4 Å². The minimum atomic E-state index is -1.01. The van der Waals surface area contributed by atoms with Crippen molar-refractivity contribution in [3.63, 3.8) is 0 Å². The van der Waals surface area contributed by atoms with E-state index in [0.717, 1.165) is 60.6 Å². The summed E-state index contributed by atoms with van der Waals surface area (Å²) in [7, 11) is 0. The summed E-state index contributed by atoms with van der Waals surface area (Å²) < 4.78 is 7.86. The molecule has 0 spiro atoms. The van der Waals surface area contributed by atoms with Gasteiger partial charge in [-0.1, -0.05) is 68.8 Å². The van der Waals surface area contributed by atoms with E-state index in [9.17, 15) is 24.3 Å². The first-order chi connectivity index (χ1) is 34.3. The molecule has 6 heterocycles. The zero-order valence-electron chi connectivity index (χ0n) is 41.5. The maximum absolute atomic E-state index is 14.2. The summed E-state index contributed by atoms with van der Waals surface area (Å²) in [4.78, 5) is 72.9. The molecule has 4 amide bonds. The zero-order valence-corrected chi connectivity index (χ0v) is 43.9. The number of hydrogen-bond acceptors (Lipinski definition) is 13. The Balaban J connectivity index is 0.768. The lowest BCUT2D eigenvalue weighted by Gasteiger charge is -2.35. The van der Waals surface area contributed by atoms with Crippen LogP contribution in [0.25, 0.3) is 15.4 Å². The minimum Gasteiger partial charge on any atom is -0.482 e. The summed E-state index contributed by atoms with van der Waals surface area (Å²) in [6.07, 6.45) is 2.24. The van der Waals surface area contributed by atoms with Crippen LogP contribution in [0.3, 0.4) is 0 Å². The summed E-state index contributed by atoms with van der Waals surface area (Å²) in [6.45, 7) is 15.0. The van der Waals surface area contributed by atoms with Gasteiger partial charge < -0.3 is 30.7 Å². The van der Waals surface area contributed by atoms with Gasteiger partial charge in [0.1, 0.15) is 34.7 Å². The molecule has 16 nitrogen and oxygen atoms in total. The van der Waals surface area contributed by atoms with Crippen LogP contribution in [0.2, 0.25) is 5.02 Å². The second kappa shape index (κ2) is 20.6. The number of thiazole rings is 1. The molecule has 0 radical (unpaired) electrons. The van der Waals surface area contributed by atoms with Gasteiger partial charge in [-0.3, -0.25) is 33.7 Å². The van der Waals surface area contributed by atoms with Crippen molar-refractivity contribution >= 4 is 63.6 Å². The molecular weight excluding hydrogens is 972 g/mol. The van der Waals surface area contributed by atoms with E-state index in [-0.39, 0.29) is 55.8 Å². The number of benzene rings is 2. The number of amides is 4. The molecule has 2 aromatic carbocycles. The summed E-state index contributed by atoms with van der Waals surface area (Å²) in [5.74, 6) is 0.343. The third kappa shape index (κ3) is 10.6. The maximum Gasteiger partial charge on any atom is 0.258 e. The number of halogens is 1. The van der Waals surface area contributed by atoms with Gasteiger partial charge >= 0.3 is 0 Å². The topological polar surface area (TPSA) is 206 Å². The first kappa shape index (κ1) is 50.6. The second-order valence-corrected chi connectivity index (χ2v) is 22.6. The summed E-state index contributed by atoms with van der Waals surface area (Å²) in [6, 6.07) is 16.2. The highest BCUT2D eigenvalue weighted by molar-refractivity contribution is 7.15. The number of aliphatic hydroxyl groups is 1. The molecule has 5 atom stereocenters. The van der Waals surface area contributed by atoms with E-state index in [1.54, 1.807) is 34.9 Å². The zero-order chi connectivity index (χ0) is 51.2. The Bertz CT molecular complexity index is 3030. The van der Waals surface area contributed by atoms with Gasteiger partial charge in [-0.15, -0.1) is 32.9 Å². The van der Waals surface area contributed by atoms with E-state index in [0.29, 0.717) is 29.4 Å². The number of carbonyl (C=O) groups is 4. The van der Waals surface area contributed by atoms with Crippen molar-refractivity contribution in [2.45, 2.75) is 123 Å². The molecule has 4 N–H and O–H groups in total. The molecule has 9 rings (SSSR count). The molecule has 1 unspecified atom stereocenters. The first-order valence-corrected chi connectivity index (χ1v) is 26.2. The van der Waals surface area contributed by atoms with Crippen molar-refractivity contribution < 1.29 is 29.0 Å². The van der Waals surface area contributed by atoms with E-state index >= 15 is 0 Å². The van der Waals surface area contributed by atoms with Gasteiger partial charge in [0.05, 0.1) is 46.6 Å². The van der Waals surface area contributed by atoms with Crippen LogP contribution in [0.1, 0.15) is 122 Å². The quantitative estimate of drug-likeness (QED) is 0.0832. The molecule has 19 heteroatoms. The minimum absolute atomic E-state index is 0.0393. The Morgan fingerprint density at radius 1 is 0.903 bits per heavy atom. The normalized spacial score (nSPS) is 20.3. The van der Waals surface area contributed by atoms with Crippen LogP contribution < -0.4 is 20.7 Å². The number of ether oxygens (including phenoxy) is 1. The fourth-order valence-electron chi connectivity index (χ4n) is 9.66. The van der Waals surface area contributed by atoms with Gasteiger partial charge in [0.2, 0.25) is 17.7 Å². The Morgan fingerprint density at radius 2 is 1.62 bits per heavy atom. The van der Waals surface area contributed by atoms with Crippen LogP contribution in [-0.4, -0.2) is 101 Å². The van der Waals surface area contributed by atoms with Crippen LogP contribution >= 0.6 is 34.3 Å². The number of fused-ring (bicyclic) bond motifs is 3. The first-order valence-electron chi connectivity index (χ1n) is 24.2. The molecule has 376 valence electrons. The number of hydrogen-bond donors (Lipinski definition) is 4. The molecule has 1 aliphatic carbocycles. The highest BCUT2D eigenvalue weighted by atomic mass is 35.5. The number of likely N-dealkylation sites (tertiary alicyclic amines) is 1. The monoisotopic (exact) mass is 1030 g/mol. The molecule has 2 aliphatic heterocycles. The maximum atomic E-state index is 14.2. The van der Waals surface area contributed by atoms with E-state index < -0.39 is 41.5 Å². The van der Waals surface area contributed by atoms with Crippen molar-refractivity contribution in [1.29, 1.82) is 0 Å². The largest absolute Gasteiger partial charge is 0.482 e. The molecule has 2 fully saturated rings. The standard InChI is InChI=1S/C53H59ClN10O6S2/c1-27-30(4)72-52-45(27)46(33-13-15-36(54)16-14-33)59-41(49-62-61-31(5)64(49)52)22-43(66)58-37-19-35(20-37)40-18-17-39(23-55-40)70-25-44(67)60-48(53(6,7)8)51(69)63-24-38(65)21-42(63)50(68)57-28(2)32-9-11-34(12-10-32)47-29(3)56-26-71-47/h9-18,23,26,28,35,37-38,41-42,48,65H,19-22,24-25H2,1-8H3,(H,57,68)(H,58,66)(H,60,67)/t28-,35?,37?,38+,41-,42?,48+/m0/s1. The number of nitrogens with one attached hydrogen (secondary N) is 3. The number of carbonyl (C=O) groups excluding carboxylic acids is 4. The number of aryl methyl sites for hydroxylation is 3. The lowest BCUT2D eigenvalue weighted by Crippen LogP contribution is -2.58. The molecule has 3 aliphatic rings. The van der Waals surface area contributed by atoms with Crippen LogP contribution in [-0.2, 0) is 19.2 Å². The predicted molar refractivity (Wildman–Crippen MR) is 278 cm³/mol. The molecule has 72 heavy (non-hydrogen) atoms. The number of β-amino-alcohol motifs (C(OH)–C–C–N with tert-alkyl or cyclic N) is 1. The Hall–Kier alpha value is -6.34. The van der Waals surface area contributed by atoms with Gasteiger partial charge in [0.15, 0.2) is 12.4 Å². The number of aromatic nitrogens is 5.